The Morgan fingerprint density at radius 2 is 1.92 bits per heavy atom. The minimum absolute atomic E-state index is 0.0369. The van der Waals surface area contributed by atoms with Crippen molar-refractivity contribution in [3.05, 3.63) is 44.7 Å². The molecule has 0 bridgehead atoms. The smallest absolute Gasteiger partial charge is 0.193 e. The van der Waals surface area contributed by atoms with E-state index in [9.17, 15) is 9.90 Å². The Hall–Kier alpha value is -2.31. The van der Waals surface area contributed by atoms with Gasteiger partial charge < -0.3 is 19.3 Å². The summed E-state index contributed by atoms with van der Waals surface area (Å²) in [6.07, 6.45) is 3.18. The molecule has 25 heavy (non-hydrogen) atoms. The molecule has 5 nitrogen and oxygen atoms in total. The number of phenols is 1. The summed E-state index contributed by atoms with van der Waals surface area (Å²) in [6, 6.07) is 1.99. The minimum atomic E-state index is -0.329. The van der Waals surface area contributed by atoms with E-state index in [0.29, 0.717) is 22.6 Å². The molecule has 0 aliphatic heterocycles. The second-order valence-corrected chi connectivity index (χ2v) is 6.55. The molecule has 0 fully saturated rings. The Kier molecular flexibility index (Phi) is 6.22. The lowest BCUT2D eigenvalue weighted by Crippen LogP contribution is -2.08. The fraction of sp³-hybridized carbons (Fsp3) is 0.316. The predicted molar refractivity (Wildman–Crippen MR) is 99.1 cm³/mol. The van der Waals surface area contributed by atoms with Crippen molar-refractivity contribution >= 4 is 23.2 Å². The first kappa shape index (κ1) is 19.0. The average molecular weight is 362 g/mol. The fourth-order valence-electron chi connectivity index (χ4n) is 2.57. The van der Waals surface area contributed by atoms with Crippen molar-refractivity contribution in [3.8, 4) is 17.2 Å². The SMILES string of the molecule is COCOc1c(C)c(O)c(C(=O)C=Cc2cc(C)cs2)c(OC)c1C. The molecule has 1 aromatic carbocycles. The van der Waals surface area contributed by atoms with Crippen molar-refractivity contribution in [1.29, 1.82) is 0 Å². The molecule has 0 saturated carbocycles. The molecule has 0 aliphatic rings. The van der Waals surface area contributed by atoms with Gasteiger partial charge in [0.25, 0.3) is 0 Å². The highest BCUT2D eigenvalue weighted by molar-refractivity contribution is 7.11. The van der Waals surface area contributed by atoms with Crippen molar-refractivity contribution in [2.24, 2.45) is 0 Å². The number of aryl methyl sites for hydroxylation is 1. The summed E-state index contributed by atoms with van der Waals surface area (Å²) in [5.74, 6) is 0.271. The molecule has 1 aromatic heterocycles. The predicted octanol–water partition coefficient (Wildman–Crippen LogP) is 4.27. The first-order chi connectivity index (χ1) is 11.9. The highest BCUT2D eigenvalue weighted by Crippen LogP contribution is 2.42. The number of aromatic hydroxyl groups is 1. The number of rotatable bonds is 7. The van der Waals surface area contributed by atoms with Crippen molar-refractivity contribution in [2.45, 2.75) is 20.8 Å². The number of hydrogen-bond acceptors (Lipinski definition) is 6. The monoisotopic (exact) mass is 362 g/mol. The van der Waals surface area contributed by atoms with Gasteiger partial charge in [-0.25, -0.2) is 0 Å². The summed E-state index contributed by atoms with van der Waals surface area (Å²) in [5, 5.41) is 12.5. The number of thiophene rings is 1. The Morgan fingerprint density at radius 1 is 1.20 bits per heavy atom. The van der Waals surface area contributed by atoms with Crippen LogP contribution in [-0.4, -0.2) is 31.9 Å². The fourth-order valence-corrected chi connectivity index (χ4v) is 3.37. The highest BCUT2D eigenvalue weighted by Gasteiger charge is 2.24. The van der Waals surface area contributed by atoms with Crippen molar-refractivity contribution in [3.63, 3.8) is 0 Å². The first-order valence-corrected chi connectivity index (χ1v) is 8.58. The van der Waals surface area contributed by atoms with Crippen LogP contribution in [-0.2, 0) is 4.74 Å². The summed E-state index contributed by atoms with van der Waals surface area (Å²) in [7, 11) is 2.97. The molecule has 0 atom stereocenters. The van der Waals surface area contributed by atoms with E-state index in [1.54, 1.807) is 31.3 Å². The van der Waals surface area contributed by atoms with E-state index in [4.69, 9.17) is 14.2 Å². The zero-order chi connectivity index (χ0) is 18.6. The summed E-state index contributed by atoms with van der Waals surface area (Å²) in [5.41, 5.74) is 2.38. The number of benzene rings is 1. The molecule has 0 amide bonds. The van der Waals surface area contributed by atoms with E-state index in [1.807, 2.05) is 18.4 Å². The minimum Gasteiger partial charge on any atom is -0.507 e. The highest BCUT2D eigenvalue weighted by atomic mass is 32.1. The topological polar surface area (TPSA) is 65.0 Å². The van der Waals surface area contributed by atoms with E-state index < -0.39 is 0 Å². The molecule has 0 aliphatic carbocycles. The van der Waals surface area contributed by atoms with Crippen LogP contribution in [0.4, 0.5) is 0 Å². The number of phenolic OH excluding ortho intramolecular Hbond substituents is 1. The lowest BCUT2D eigenvalue weighted by atomic mass is 9.98. The van der Waals surface area contributed by atoms with Gasteiger partial charge in [0.1, 0.15) is 22.8 Å². The third-order valence-electron chi connectivity index (χ3n) is 3.76. The number of carbonyl (C=O) groups excluding carboxylic acids is 1. The number of carbonyl (C=O) groups is 1. The third kappa shape index (κ3) is 4.03. The zero-order valence-corrected chi connectivity index (χ0v) is 15.8. The second-order valence-electron chi connectivity index (χ2n) is 5.61. The Bertz CT molecular complexity index is 805. The maximum atomic E-state index is 12.7. The molecule has 0 spiro atoms. The van der Waals surface area contributed by atoms with Gasteiger partial charge in [-0.05, 0) is 49.9 Å². The molecule has 1 N–H and O–H groups in total. The number of ether oxygens (including phenoxy) is 3. The molecule has 0 unspecified atom stereocenters. The van der Waals surface area contributed by atoms with Crippen molar-refractivity contribution in [1.82, 2.24) is 0 Å². The molecular weight excluding hydrogens is 340 g/mol. The molecule has 0 radical (unpaired) electrons. The van der Waals surface area contributed by atoms with Crippen LogP contribution in [0, 0.1) is 20.8 Å². The van der Waals surface area contributed by atoms with Gasteiger partial charge in [-0.2, -0.15) is 0 Å². The quantitative estimate of drug-likeness (QED) is 0.453. The molecule has 6 heteroatoms. The number of ketones is 1. The lowest BCUT2D eigenvalue weighted by Gasteiger charge is -2.18. The van der Waals surface area contributed by atoms with Crippen LogP contribution in [0.5, 0.6) is 17.2 Å². The van der Waals surface area contributed by atoms with E-state index in [1.165, 1.54) is 20.3 Å². The maximum absolute atomic E-state index is 12.7. The van der Waals surface area contributed by atoms with Gasteiger partial charge in [-0.1, -0.05) is 0 Å². The van der Waals surface area contributed by atoms with Gasteiger partial charge in [0.2, 0.25) is 0 Å². The summed E-state index contributed by atoms with van der Waals surface area (Å²) < 4.78 is 15.8. The van der Waals surface area contributed by atoms with Crippen LogP contribution in [0.25, 0.3) is 6.08 Å². The second kappa shape index (κ2) is 8.18. The largest absolute Gasteiger partial charge is 0.507 e. The van der Waals surface area contributed by atoms with Crippen LogP contribution in [0.3, 0.4) is 0 Å². The Labute approximate surface area is 151 Å². The standard InChI is InChI=1S/C19H22O5S/c1-11-8-14(25-9-11)6-7-15(20)16-17(21)12(2)18(24-10-22-4)13(3)19(16)23-5/h6-9,21H,10H2,1-5H3. The molecule has 2 rings (SSSR count). The number of hydrogen-bond donors (Lipinski definition) is 1. The van der Waals surface area contributed by atoms with Gasteiger partial charge in [0, 0.05) is 23.1 Å². The summed E-state index contributed by atoms with van der Waals surface area (Å²) in [4.78, 5) is 13.6. The van der Waals surface area contributed by atoms with Gasteiger partial charge in [0.15, 0.2) is 12.6 Å². The van der Waals surface area contributed by atoms with E-state index in [0.717, 1.165) is 10.4 Å². The van der Waals surface area contributed by atoms with E-state index in [-0.39, 0.29) is 23.9 Å². The van der Waals surface area contributed by atoms with E-state index >= 15 is 0 Å². The Balaban J connectivity index is 2.45. The van der Waals surface area contributed by atoms with Crippen LogP contribution in [0.2, 0.25) is 0 Å². The van der Waals surface area contributed by atoms with Crippen LogP contribution < -0.4 is 9.47 Å². The number of methoxy groups -OCH3 is 2. The molecule has 134 valence electrons. The Morgan fingerprint density at radius 3 is 2.48 bits per heavy atom. The molecule has 1 heterocycles. The van der Waals surface area contributed by atoms with Gasteiger partial charge in [0.05, 0.1) is 7.11 Å². The van der Waals surface area contributed by atoms with E-state index in [2.05, 4.69) is 0 Å². The maximum Gasteiger partial charge on any atom is 0.193 e. The van der Waals surface area contributed by atoms with Gasteiger partial charge in [-0.3, -0.25) is 4.79 Å². The first-order valence-electron chi connectivity index (χ1n) is 7.70. The molecular formula is C19H22O5S. The lowest BCUT2D eigenvalue weighted by molar-refractivity contribution is 0.0497. The van der Waals surface area contributed by atoms with Crippen LogP contribution in [0.15, 0.2) is 17.5 Å². The normalized spacial score (nSPS) is 11.1. The van der Waals surface area contributed by atoms with Crippen molar-refractivity contribution in [2.75, 3.05) is 21.0 Å². The van der Waals surface area contributed by atoms with Crippen LogP contribution >= 0.6 is 11.3 Å². The molecule has 2 aromatic rings. The molecule has 0 saturated heterocycles. The summed E-state index contributed by atoms with van der Waals surface area (Å²) >= 11 is 1.55. The average Bonchev–Trinajstić information content (AvgIpc) is 3.01. The van der Waals surface area contributed by atoms with Crippen molar-refractivity contribution < 1.29 is 24.1 Å². The number of allylic oxidation sites excluding steroid dienone is 1. The van der Waals surface area contributed by atoms with Gasteiger partial charge in [-0.15, -0.1) is 11.3 Å². The van der Waals surface area contributed by atoms with Gasteiger partial charge >= 0.3 is 0 Å². The van der Waals surface area contributed by atoms with Crippen LogP contribution in [0.1, 0.15) is 31.9 Å². The third-order valence-corrected chi connectivity index (χ3v) is 4.78. The zero-order valence-electron chi connectivity index (χ0n) is 15.0. The summed E-state index contributed by atoms with van der Waals surface area (Å²) in [6.45, 7) is 5.50.